The van der Waals surface area contributed by atoms with E-state index in [1.165, 1.54) is 0 Å². The number of tetrazole rings is 1. The Morgan fingerprint density at radius 2 is 2.43 bits per heavy atom. The molecule has 0 radical (unpaired) electrons. The average molecular weight is 193 g/mol. The fraction of sp³-hybridized carbons (Fsp3) is 0.143. The van der Waals surface area contributed by atoms with E-state index in [9.17, 15) is 4.79 Å². The van der Waals surface area contributed by atoms with Crippen molar-refractivity contribution in [3.05, 3.63) is 23.7 Å². The Balaban J connectivity index is 2.10. The highest BCUT2D eigenvalue weighted by atomic mass is 16.3. The van der Waals surface area contributed by atoms with Crippen molar-refractivity contribution >= 4 is 11.9 Å². The van der Waals surface area contributed by atoms with Gasteiger partial charge in [-0.15, -0.1) is 5.10 Å². The fourth-order valence-corrected chi connectivity index (χ4v) is 0.934. The van der Waals surface area contributed by atoms with Gasteiger partial charge >= 0.3 is 0 Å². The van der Waals surface area contributed by atoms with Crippen LogP contribution in [0.5, 0.6) is 0 Å². The molecule has 0 bridgehead atoms. The summed E-state index contributed by atoms with van der Waals surface area (Å²) in [5.41, 5.74) is 0. The predicted octanol–water partition coefficient (Wildman–Crippen LogP) is 0.353. The van der Waals surface area contributed by atoms with E-state index in [2.05, 4.69) is 25.9 Å². The Bertz CT molecular complexity index is 433. The number of carbonyl (C=O) groups excluding carboxylic acids is 1. The molecule has 0 spiro atoms. The van der Waals surface area contributed by atoms with Crippen LogP contribution in [-0.2, 0) is 0 Å². The van der Waals surface area contributed by atoms with Gasteiger partial charge in [0.25, 0.3) is 11.9 Å². The van der Waals surface area contributed by atoms with E-state index in [-0.39, 0.29) is 11.7 Å². The lowest BCUT2D eigenvalue weighted by Crippen LogP contribution is -2.12. The maximum Gasteiger partial charge on any atom is 0.293 e. The first kappa shape index (κ1) is 8.42. The summed E-state index contributed by atoms with van der Waals surface area (Å²) in [5.74, 6) is 0.596. The third-order valence-corrected chi connectivity index (χ3v) is 1.53. The van der Waals surface area contributed by atoms with Gasteiger partial charge in [-0.05, 0) is 24.3 Å². The zero-order valence-electron chi connectivity index (χ0n) is 7.31. The topological polar surface area (TPSA) is 96.7 Å². The molecule has 0 aromatic carbocycles. The second-order valence-corrected chi connectivity index (χ2v) is 2.60. The maximum atomic E-state index is 11.4. The van der Waals surface area contributed by atoms with Crippen molar-refractivity contribution in [2.24, 2.45) is 0 Å². The molecule has 0 atom stereocenters. The number of furan rings is 1. The first-order valence-electron chi connectivity index (χ1n) is 3.87. The highest BCUT2D eigenvalue weighted by molar-refractivity contribution is 6.01. The molecule has 14 heavy (non-hydrogen) atoms. The number of hydrogen-bond acceptors (Lipinski definition) is 5. The molecule has 1 amide bonds. The van der Waals surface area contributed by atoms with Gasteiger partial charge in [-0.1, -0.05) is 5.10 Å². The largest absolute Gasteiger partial charge is 0.456 e. The third-order valence-electron chi connectivity index (χ3n) is 1.53. The second-order valence-electron chi connectivity index (χ2n) is 2.60. The predicted molar refractivity (Wildman–Crippen MR) is 45.6 cm³/mol. The van der Waals surface area contributed by atoms with Crippen molar-refractivity contribution in [3.63, 3.8) is 0 Å². The van der Waals surface area contributed by atoms with E-state index < -0.39 is 5.91 Å². The van der Waals surface area contributed by atoms with Crippen LogP contribution in [0.2, 0.25) is 0 Å². The summed E-state index contributed by atoms with van der Waals surface area (Å²) in [4.78, 5) is 11.4. The van der Waals surface area contributed by atoms with Crippen molar-refractivity contribution < 1.29 is 9.21 Å². The molecular formula is C7H7N5O2. The van der Waals surface area contributed by atoms with Gasteiger partial charge in [-0.25, -0.2) is 0 Å². The molecule has 2 N–H and O–H groups in total. The molecule has 0 saturated heterocycles. The van der Waals surface area contributed by atoms with Crippen LogP contribution in [-0.4, -0.2) is 26.5 Å². The van der Waals surface area contributed by atoms with E-state index in [1.807, 2.05) is 0 Å². The van der Waals surface area contributed by atoms with Gasteiger partial charge in [0.1, 0.15) is 5.76 Å². The standard InChI is InChI=1S/C7H7N5O2/c1-4-2-3-5(14-4)6(13)8-7-9-11-12-10-7/h2-3H,1H3,(H2,8,9,10,11,12,13). The van der Waals surface area contributed by atoms with E-state index in [1.54, 1.807) is 19.1 Å². The number of nitrogens with one attached hydrogen (secondary N) is 2. The van der Waals surface area contributed by atoms with Gasteiger partial charge in [0.15, 0.2) is 5.76 Å². The number of aryl methyl sites for hydroxylation is 1. The summed E-state index contributed by atoms with van der Waals surface area (Å²) in [6.07, 6.45) is 0. The van der Waals surface area contributed by atoms with Crippen LogP contribution >= 0.6 is 0 Å². The van der Waals surface area contributed by atoms with Gasteiger partial charge in [-0.2, -0.15) is 5.21 Å². The SMILES string of the molecule is Cc1ccc(C(=O)Nc2nn[nH]n2)o1. The van der Waals surface area contributed by atoms with Crippen molar-refractivity contribution in [2.45, 2.75) is 6.92 Å². The molecule has 2 aromatic rings. The lowest BCUT2D eigenvalue weighted by molar-refractivity contribution is 0.0994. The van der Waals surface area contributed by atoms with Gasteiger partial charge < -0.3 is 4.42 Å². The molecule has 2 rings (SSSR count). The van der Waals surface area contributed by atoms with Crippen LogP contribution < -0.4 is 5.32 Å². The summed E-state index contributed by atoms with van der Waals surface area (Å²) in [7, 11) is 0. The van der Waals surface area contributed by atoms with Gasteiger partial charge in [0.2, 0.25) is 0 Å². The van der Waals surface area contributed by atoms with Crippen LogP contribution in [0.3, 0.4) is 0 Å². The summed E-state index contributed by atoms with van der Waals surface area (Å²) >= 11 is 0. The van der Waals surface area contributed by atoms with E-state index >= 15 is 0 Å². The zero-order chi connectivity index (χ0) is 9.97. The highest BCUT2D eigenvalue weighted by Crippen LogP contribution is 2.07. The molecule has 7 heteroatoms. The second kappa shape index (κ2) is 3.29. The smallest absolute Gasteiger partial charge is 0.293 e. The minimum Gasteiger partial charge on any atom is -0.456 e. The monoisotopic (exact) mass is 193 g/mol. The zero-order valence-corrected chi connectivity index (χ0v) is 7.31. The minimum atomic E-state index is -0.403. The van der Waals surface area contributed by atoms with Crippen LogP contribution in [0, 0.1) is 6.92 Å². The van der Waals surface area contributed by atoms with E-state index in [0.29, 0.717) is 5.76 Å². The Morgan fingerprint density at radius 3 is 3.00 bits per heavy atom. The summed E-state index contributed by atoms with van der Waals surface area (Å²) in [6, 6.07) is 3.27. The van der Waals surface area contributed by atoms with E-state index in [0.717, 1.165) is 0 Å². The van der Waals surface area contributed by atoms with Crippen LogP contribution in [0.1, 0.15) is 16.3 Å². The van der Waals surface area contributed by atoms with Gasteiger partial charge in [-0.3, -0.25) is 10.1 Å². The van der Waals surface area contributed by atoms with Crippen LogP contribution in [0.15, 0.2) is 16.5 Å². The molecule has 0 unspecified atom stereocenters. The summed E-state index contributed by atoms with van der Waals surface area (Å²) < 4.78 is 5.10. The first-order chi connectivity index (χ1) is 6.75. The number of aromatic nitrogens is 4. The van der Waals surface area contributed by atoms with E-state index in [4.69, 9.17) is 4.42 Å². The Kier molecular flexibility index (Phi) is 1.98. The number of H-pyrrole nitrogens is 1. The number of carbonyl (C=O) groups is 1. The molecule has 72 valence electrons. The molecule has 7 nitrogen and oxygen atoms in total. The fourth-order valence-electron chi connectivity index (χ4n) is 0.934. The molecule has 0 fully saturated rings. The molecule has 0 aliphatic rings. The number of amides is 1. The number of nitrogens with zero attached hydrogens (tertiary/aromatic N) is 3. The number of hydrogen-bond donors (Lipinski definition) is 2. The minimum absolute atomic E-state index is 0.115. The lowest BCUT2D eigenvalue weighted by atomic mass is 10.4. The quantitative estimate of drug-likeness (QED) is 0.717. The van der Waals surface area contributed by atoms with Crippen LogP contribution in [0.25, 0.3) is 0 Å². The molecule has 0 aliphatic carbocycles. The van der Waals surface area contributed by atoms with Crippen molar-refractivity contribution in [1.29, 1.82) is 0 Å². The van der Waals surface area contributed by atoms with Crippen molar-refractivity contribution in [2.75, 3.05) is 5.32 Å². The molecular weight excluding hydrogens is 186 g/mol. The normalized spacial score (nSPS) is 10.1. The van der Waals surface area contributed by atoms with Crippen molar-refractivity contribution in [1.82, 2.24) is 20.6 Å². The average Bonchev–Trinajstić information content (AvgIpc) is 2.75. The van der Waals surface area contributed by atoms with Crippen molar-refractivity contribution in [3.8, 4) is 0 Å². The summed E-state index contributed by atoms with van der Waals surface area (Å²) in [6.45, 7) is 1.76. The maximum absolute atomic E-state index is 11.4. The van der Waals surface area contributed by atoms with Gasteiger partial charge in [0.05, 0.1) is 0 Å². The number of rotatable bonds is 2. The van der Waals surface area contributed by atoms with Crippen LogP contribution in [0.4, 0.5) is 5.95 Å². The first-order valence-corrected chi connectivity index (χ1v) is 3.87. The third kappa shape index (κ3) is 1.60. The number of anilines is 1. The summed E-state index contributed by atoms with van der Waals surface area (Å²) in [5, 5.41) is 15.0. The Labute approximate surface area is 78.5 Å². The highest BCUT2D eigenvalue weighted by Gasteiger charge is 2.11. The lowest BCUT2D eigenvalue weighted by Gasteiger charge is -1.94. The molecule has 2 aromatic heterocycles. The van der Waals surface area contributed by atoms with Gasteiger partial charge in [0, 0.05) is 0 Å². The Morgan fingerprint density at radius 1 is 1.57 bits per heavy atom. The molecule has 0 aliphatic heterocycles. The number of aromatic amines is 1. The Hall–Kier alpha value is -2.18. The molecule has 0 saturated carbocycles. The molecule has 2 heterocycles.